The Hall–Kier alpha value is -2.73. The quantitative estimate of drug-likeness (QED) is 0.331. The lowest BCUT2D eigenvalue weighted by Gasteiger charge is -2.22. The van der Waals surface area contributed by atoms with Crippen molar-refractivity contribution in [1.82, 2.24) is 0 Å². The molecule has 4 aromatic rings. The van der Waals surface area contributed by atoms with Crippen LogP contribution < -0.4 is 0 Å². The highest BCUT2D eigenvalue weighted by Gasteiger charge is 2.23. The minimum atomic E-state index is -4.76. The predicted molar refractivity (Wildman–Crippen MR) is 118 cm³/mol. The molecule has 29 heavy (non-hydrogen) atoms. The summed E-state index contributed by atoms with van der Waals surface area (Å²) in [4.78, 5) is -0.221. The van der Waals surface area contributed by atoms with Gasteiger partial charge in [-0.25, -0.2) is 8.42 Å². The Bertz CT molecular complexity index is 1250. The van der Waals surface area contributed by atoms with E-state index in [1.807, 2.05) is 78.9 Å². The van der Waals surface area contributed by atoms with Crippen molar-refractivity contribution < 1.29 is 13.0 Å². The summed E-state index contributed by atoms with van der Waals surface area (Å²) in [6.45, 7) is 0. The monoisotopic (exact) mass is 463 g/mol. The van der Waals surface area contributed by atoms with Gasteiger partial charge in [0.2, 0.25) is 0 Å². The molecule has 0 aliphatic rings. The highest BCUT2D eigenvalue weighted by Crippen LogP contribution is 2.45. The Kier molecular flexibility index (Phi) is 5.37. The van der Waals surface area contributed by atoms with Crippen molar-refractivity contribution in [3.8, 4) is 33.4 Å². The van der Waals surface area contributed by atoms with E-state index in [1.54, 1.807) is 18.2 Å². The van der Waals surface area contributed by atoms with E-state index in [4.69, 9.17) is 0 Å². The van der Waals surface area contributed by atoms with Crippen LogP contribution in [0, 0.1) is 0 Å². The van der Waals surface area contributed by atoms with Gasteiger partial charge in [-0.2, -0.15) is 0 Å². The zero-order chi connectivity index (χ0) is 20.4. The van der Waals surface area contributed by atoms with Gasteiger partial charge in [0, 0.05) is 15.6 Å². The van der Waals surface area contributed by atoms with E-state index < -0.39 is 10.1 Å². The summed E-state index contributed by atoms with van der Waals surface area (Å²) in [6.07, 6.45) is 0. The molecular formula is C24H16BrO3S-. The van der Waals surface area contributed by atoms with Gasteiger partial charge in [0.1, 0.15) is 10.1 Å². The van der Waals surface area contributed by atoms with E-state index in [9.17, 15) is 13.0 Å². The van der Waals surface area contributed by atoms with Crippen LogP contribution in [0.1, 0.15) is 0 Å². The van der Waals surface area contributed by atoms with Crippen molar-refractivity contribution in [2.24, 2.45) is 0 Å². The number of hydrogen-bond acceptors (Lipinski definition) is 3. The first-order valence-corrected chi connectivity index (χ1v) is 11.2. The summed E-state index contributed by atoms with van der Waals surface area (Å²) in [5.74, 6) is 0. The summed E-state index contributed by atoms with van der Waals surface area (Å²) < 4.78 is 37.9. The van der Waals surface area contributed by atoms with Gasteiger partial charge in [-0.3, -0.25) is 0 Å². The van der Waals surface area contributed by atoms with E-state index >= 15 is 0 Å². The lowest BCUT2D eigenvalue weighted by Crippen LogP contribution is -2.06. The summed E-state index contributed by atoms with van der Waals surface area (Å²) in [5.41, 5.74) is 3.83. The van der Waals surface area contributed by atoms with Gasteiger partial charge in [-0.15, -0.1) is 0 Å². The van der Waals surface area contributed by atoms with Crippen molar-refractivity contribution in [2.45, 2.75) is 4.90 Å². The Morgan fingerprint density at radius 3 is 1.48 bits per heavy atom. The second kappa shape index (κ2) is 7.95. The van der Waals surface area contributed by atoms with E-state index in [1.165, 1.54) is 0 Å². The fourth-order valence-corrected chi connectivity index (χ4v) is 5.24. The molecule has 4 aromatic carbocycles. The maximum absolute atomic E-state index is 12.4. The molecular weight excluding hydrogens is 448 g/mol. The van der Waals surface area contributed by atoms with Crippen LogP contribution in [0.4, 0.5) is 0 Å². The minimum absolute atomic E-state index is 0.221. The smallest absolute Gasteiger partial charge is 0.125 e. The Labute approximate surface area is 178 Å². The molecule has 0 saturated heterocycles. The highest BCUT2D eigenvalue weighted by atomic mass is 79.9. The zero-order valence-electron chi connectivity index (χ0n) is 15.2. The van der Waals surface area contributed by atoms with E-state index in [-0.39, 0.29) is 4.90 Å². The van der Waals surface area contributed by atoms with Crippen molar-refractivity contribution in [3.05, 3.63) is 102 Å². The van der Waals surface area contributed by atoms with Crippen LogP contribution in [0.2, 0.25) is 0 Å². The van der Waals surface area contributed by atoms with Gasteiger partial charge < -0.3 is 4.55 Å². The summed E-state index contributed by atoms with van der Waals surface area (Å²) in [5, 5.41) is 0. The normalized spacial score (nSPS) is 11.4. The van der Waals surface area contributed by atoms with Crippen LogP contribution in [0.3, 0.4) is 0 Å². The molecule has 0 saturated carbocycles. The first-order chi connectivity index (χ1) is 14.0. The topological polar surface area (TPSA) is 57.2 Å². The summed E-state index contributed by atoms with van der Waals surface area (Å²) >= 11 is 3.60. The van der Waals surface area contributed by atoms with Gasteiger partial charge in [-0.05, 0) is 44.3 Å². The first kappa shape index (κ1) is 19.6. The lowest BCUT2D eigenvalue weighted by molar-refractivity contribution is 0.463. The third-order valence-corrected chi connectivity index (χ3v) is 6.45. The van der Waals surface area contributed by atoms with Crippen LogP contribution in [0.5, 0.6) is 0 Å². The van der Waals surface area contributed by atoms with Crippen molar-refractivity contribution in [1.29, 1.82) is 0 Å². The fourth-order valence-electron chi connectivity index (χ4n) is 3.42. The largest absolute Gasteiger partial charge is 0.744 e. The third-order valence-electron chi connectivity index (χ3n) is 4.70. The molecule has 0 fully saturated rings. The minimum Gasteiger partial charge on any atom is -0.744 e. The van der Waals surface area contributed by atoms with Crippen molar-refractivity contribution in [2.75, 3.05) is 0 Å². The molecule has 144 valence electrons. The van der Waals surface area contributed by atoms with Crippen LogP contribution in [0.25, 0.3) is 33.4 Å². The third kappa shape index (κ3) is 3.90. The van der Waals surface area contributed by atoms with Crippen LogP contribution in [0.15, 0.2) is 106 Å². The van der Waals surface area contributed by atoms with E-state index in [0.29, 0.717) is 26.7 Å². The van der Waals surface area contributed by atoms with Crippen LogP contribution >= 0.6 is 15.9 Å². The standard InChI is InChI=1S/C24H17BrO3S/c25-23-20(17-10-4-1-5-11-17)16-21(18-12-6-2-7-13-18)24(29(26,27)28)22(23)19-14-8-3-9-15-19/h1-16H,(H,26,27,28)/p-1. The molecule has 0 spiro atoms. The molecule has 0 aliphatic carbocycles. The van der Waals surface area contributed by atoms with Gasteiger partial charge in [0.15, 0.2) is 0 Å². The number of benzene rings is 4. The maximum atomic E-state index is 12.4. The van der Waals surface area contributed by atoms with Gasteiger partial charge in [-0.1, -0.05) is 91.0 Å². The molecule has 0 amide bonds. The molecule has 0 unspecified atom stereocenters. The summed E-state index contributed by atoms with van der Waals surface area (Å²) in [7, 11) is -4.76. The molecule has 0 bridgehead atoms. The lowest BCUT2D eigenvalue weighted by atomic mass is 9.93. The van der Waals surface area contributed by atoms with Crippen molar-refractivity contribution >= 4 is 26.0 Å². The Morgan fingerprint density at radius 2 is 1.03 bits per heavy atom. The van der Waals surface area contributed by atoms with Gasteiger partial charge >= 0.3 is 0 Å². The second-order valence-electron chi connectivity index (χ2n) is 6.54. The molecule has 5 heteroatoms. The fraction of sp³-hybridized carbons (Fsp3) is 0. The molecule has 0 aromatic heterocycles. The van der Waals surface area contributed by atoms with Crippen LogP contribution in [-0.2, 0) is 10.1 Å². The Balaban J connectivity index is 2.18. The van der Waals surface area contributed by atoms with Gasteiger partial charge in [0.25, 0.3) is 0 Å². The average Bonchev–Trinajstić information content (AvgIpc) is 2.74. The molecule has 0 aliphatic heterocycles. The number of rotatable bonds is 4. The van der Waals surface area contributed by atoms with Crippen molar-refractivity contribution in [3.63, 3.8) is 0 Å². The number of halogens is 1. The molecule has 0 heterocycles. The SMILES string of the molecule is O=S(=O)([O-])c1c(-c2ccccc2)cc(-c2ccccc2)c(Br)c1-c1ccccc1. The predicted octanol–water partition coefficient (Wildman–Crippen LogP) is 6.35. The maximum Gasteiger partial charge on any atom is 0.125 e. The van der Waals surface area contributed by atoms with E-state index in [0.717, 1.165) is 11.1 Å². The summed E-state index contributed by atoms with van der Waals surface area (Å²) in [6, 6.07) is 29.6. The molecule has 0 radical (unpaired) electrons. The molecule has 0 atom stereocenters. The average molecular weight is 464 g/mol. The second-order valence-corrected chi connectivity index (χ2v) is 8.65. The van der Waals surface area contributed by atoms with Gasteiger partial charge in [0.05, 0.1) is 4.90 Å². The highest BCUT2D eigenvalue weighted by molar-refractivity contribution is 9.10. The van der Waals surface area contributed by atoms with E-state index in [2.05, 4.69) is 15.9 Å². The van der Waals surface area contributed by atoms with Crippen LogP contribution in [-0.4, -0.2) is 13.0 Å². The molecule has 4 rings (SSSR count). The number of hydrogen-bond donors (Lipinski definition) is 0. The first-order valence-electron chi connectivity index (χ1n) is 8.95. The Morgan fingerprint density at radius 1 is 0.621 bits per heavy atom. The molecule has 0 N–H and O–H groups in total. The zero-order valence-corrected chi connectivity index (χ0v) is 17.7. The molecule has 3 nitrogen and oxygen atoms in total.